The van der Waals surface area contributed by atoms with E-state index < -0.39 is 0 Å². The van der Waals surface area contributed by atoms with Crippen LogP contribution in [0.1, 0.15) is 20.8 Å². The molecule has 1 heterocycles. The number of hydrogen-bond donors (Lipinski definition) is 2. The number of amides is 2. The van der Waals surface area contributed by atoms with Crippen LogP contribution in [0.4, 0.5) is 0 Å². The SMILES string of the molecule is CC(C)NC(=O)CN1CCNC(C)C1=O. The molecule has 0 aromatic rings. The standard InChI is InChI=1S/C10H19N3O2/c1-7(2)12-9(14)6-13-5-4-11-8(3)10(13)15/h7-8,11H,4-6H2,1-3H3,(H,12,14). The molecule has 86 valence electrons. The highest BCUT2D eigenvalue weighted by atomic mass is 16.2. The van der Waals surface area contributed by atoms with Crippen molar-refractivity contribution in [2.24, 2.45) is 0 Å². The second kappa shape index (κ2) is 5.11. The minimum absolute atomic E-state index is 0.000145. The van der Waals surface area contributed by atoms with Gasteiger partial charge < -0.3 is 15.5 Å². The molecule has 1 atom stereocenters. The molecular weight excluding hydrogens is 194 g/mol. The van der Waals surface area contributed by atoms with Crippen molar-refractivity contribution < 1.29 is 9.59 Å². The highest BCUT2D eigenvalue weighted by Gasteiger charge is 2.25. The van der Waals surface area contributed by atoms with E-state index in [4.69, 9.17) is 0 Å². The van der Waals surface area contributed by atoms with Crippen molar-refractivity contribution in [3.8, 4) is 0 Å². The predicted octanol–water partition coefficient (Wildman–Crippen LogP) is -0.669. The highest BCUT2D eigenvalue weighted by molar-refractivity contribution is 5.87. The number of hydrogen-bond acceptors (Lipinski definition) is 3. The van der Waals surface area contributed by atoms with Gasteiger partial charge in [-0.2, -0.15) is 0 Å². The molecule has 0 spiro atoms. The minimum Gasteiger partial charge on any atom is -0.352 e. The van der Waals surface area contributed by atoms with E-state index in [0.717, 1.165) is 6.54 Å². The molecule has 0 saturated carbocycles. The Kier molecular flexibility index (Phi) is 4.08. The van der Waals surface area contributed by atoms with Crippen LogP contribution in [0.2, 0.25) is 0 Å². The smallest absolute Gasteiger partial charge is 0.239 e. The summed E-state index contributed by atoms with van der Waals surface area (Å²) in [5.74, 6) is -0.0902. The average molecular weight is 213 g/mol. The minimum atomic E-state index is -0.175. The Morgan fingerprint density at radius 3 is 2.93 bits per heavy atom. The van der Waals surface area contributed by atoms with Gasteiger partial charge in [0.15, 0.2) is 0 Å². The van der Waals surface area contributed by atoms with Gasteiger partial charge in [-0.25, -0.2) is 0 Å². The number of carbonyl (C=O) groups is 2. The van der Waals surface area contributed by atoms with Crippen molar-refractivity contribution in [3.63, 3.8) is 0 Å². The van der Waals surface area contributed by atoms with E-state index in [2.05, 4.69) is 10.6 Å². The van der Waals surface area contributed by atoms with Gasteiger partial charge in [-0.05, 0) is 20.8 Å². The van der Waals surface area contributed by atoms with Gasteiger partial charge in [0.25, 0.3) is 0 Å². The Bertz CT molecular complexity index is 253. The first-order valence-corrected chi connectivity index (χ1v) is 5.32. The average Bonchev–Trinajstić information content (AvgIpc) is 2.11. The molecule has 1 fully saturated rings. The summed E-state index contributed by atoms with van der Waals surface area (Å²) in [6.45, 7) is 7.15. The van der Waals surface area contributed by atoms with E-state index in [0.29, 0.717) is 6.54 Å². The molecule has 1 saturated heterocycles. The van der Waals surface area contributed by atoms with Crippen LogP contribution in [0, 0.1) is 0 Å². The van der Waals surface area contributed by atoms with Crippen molar-refractivity contribution in [3.05, 3.63) is 0 Å². The fraction of sp³-hybridized carbons (Fsp3) is 0.800. The molecule has 0 aromatic heterocycles. The van der Waals surface area contributed by atoms with Gasteiger partial charge in [-0.15, -0.1) is 0 Å². The van der Waals surface area contributed by atoms with Gasteiger partial charge in [-0.1, -0.05) is 0 Å². The lowest BCUT2D eigenvalue weighted by atomic mass is 10.2. The maximum atomic E-state index is 11.6. The van der Waals surface area contributed by atoms with Crippen molar-refractivity contribution in [2.75, 3.05) is 19.6 Å². The Morgan fingerprint density at radius 1 is 1.67 bits per heavy atom. The van der Waals surface area contributed by atoms with Gasteiger partial charge in [0.1, 0.15) is 0 Å². The fourth-order valence-electron chi connectivity index (χ4n) is 1.59. The van der Waals surface area contributed by atoms with E-state index in [1.165, 1.54) is 0 Å². The first-order valence-electron chi connectivity index (χ1n) is 5.32. The third-order valence-corrected chi connectivity index (χ3v) is 2.30. The van der Waals surface area contributed by atoms with Crippen LogP contribution in [0.5, 0.6) is 0 Å². The van der Waals surface area contributed by atoms with E-state index >= 15 is 0 Å². The van der Waals surface area contributed by atoms with Gasteiger partial charge in [0.05, 0.1) is 12.6 Å². The van der Waals surface area contributed by atoms with Crippen molar-refractivity contribution in [1.29, 1.82) is 0 Å². The molecular formula is C10H19N3O2. The van der Waals surface area contributed by atoms with E-state index in [1.54, 1.807) is 4.90 Å². The topological polar surface area (TPSA) is 61.4 Å². The molecule has 1 unspecified atom stereocenters. The third-order valence-electron chi connectivity index (χ3n) is 2.30. The van der Waals surface area contributed by atoms with Gasteiger partial charge in [-0.3, -0.25) is 9.59 Å². The zero-order chi connectivity index (χ0) is 11.4. The van der Waals surface area contributed by atoms with Crippen molar-refractivity contribution in [1.82, 2.24) is 15.5 Å². The summed E-state index contributed by atoms with van der Waals surface area (Å²) in [5.41, 5.74) is 0. The van der Waals surface area contributed by atoms with Crippen LogP contribution in [0.25, 0.3) is 0 Å². The lowest BCUT2D eigenvalue weighted by Gasteiger charge is -2.31. The quantitative estimate of drug-likeness (QED) is 0.653. The second-order valence-corrected chi connectivity index (χ2v) is 4.16. The third kappa shape index (κ3) is 3.51. The first kappa shape index (κ1) is 12.0. The van der Waals surface area contributed by atoms with Crippen LogP contribution < -0.4 is 10.6 Å². The van der Waals surface area contributed by atoms with Gasteiger partial charge >= 0.3 is 0 Å². The monoisotopic (exact) mass is 213 g/mol. The summed E-state index contributed by atoms with van der Waals surface area (Å²) in [7, 11) is 0. The number of nitrogens with zero attached hydrogens (tertiary/aromatic N) is 1. The Labute approximate surface area is 90.2 Å². The zero-order valence-electron chi connectivity index (χ0n) is 9.54. The molecule has 5 nitrogen and oxygen atoms in total. The lowest BCUT2D eigenvalue weighted by Crippen LogP contribution is -2.56. The lowest BCUT2D eigenvalue weighted by molar-refractivity contribution is -0.139. The number of piperazine rings is 1. The van der Waals surface area contributed by atoms with Crippen LogP contribution in [-0.2, 0) is 9.59 Å². The Morgan fingerprint density at radius 2 is 2.33 bits per heavy atom. The zero-order valence-corrected chi connectivity index (χ0v) is 9.54. The second-order valence-electron chi connectivity index (χ2n) is 4.16. The molecule has 2 amide bonds. The van der Waals surface area contributed by atoms with E-state index in [-0.39, 0.29) is 30.4 Å². The number of rotatable bonds is 3. The first-order chi connectivity index (χ1) is 7.00. The highest BCUT2D eigenvalue weighted by Crippen LogP contribution is 2.00. The molecule has 0 bridgehead atoms. The molecule has 0 aromatic carbocycles. The molecule has 0 radical (unpaired) electrons. The van der Waals surface area contributed by atoms with Gasteiger partial charge in [0.2, 0.25) is 11.8 Å². The van der Waals surface area contributed by atoms with Crippen LogP contribution >= 0.6 is 0 Å². The predicted molar refractivity (Wildman–Crippen MR) is 57.3 cm³/mol. The maximum absolute atomic E-state index is 11.6. The van der Waals surface area contributed by atoms with Crippen LogP contribution in [0.15, 0.2) is 0 Å². The van der Waals surface area contributed by atoms with E-state index in [9.17, 15) is 9.59 Å². The maximum Gasteiger partial charge on any atom is 0.239 e. The van der Waals surface area contributed by atoms with Crippen molar-refractivity contribution >= 4 is 11.8 Å². The number of carbonyl (C=O) groups excluding carboxylic acids is 2. The van der Waals surface area contributed by atoms with Crippen molar-refractivity contribution in [2.45, 2.75) is 32.9 Å². The number of nitrogens with one attached hydrogen (secondary N) is 2. The molecule has 1 aliphatic rings. The van der Waals surface area contributed by atoms with Gasteiger partial charge in [0, 0.05) is 19.1 Å². The Hall–Kier alpha value is -1.10. The molecule has 5 heteroatoms. The molecule has 2 N–H and O–H groups in total. The van der Waals surface area contributed by atoms with E-state index in [1.807, 2.05) is 20.8 Å². The summed E-state index contributed by atoms with van der Waals surface area (Å²) < 4.78 is 0. The molecule has 1 aliphatic heterocycles. The van der Waals surface area contributed by atoms with Crippen LogP contribution in [0.3, 0.4) is 0 Å². The summed E-state index contributed by atoms with van der Waals surface area (Å²) in [6, 6.07) is -0.0569. The molecule has 1 rings (SSSR count). The largest absolute Gasteiger partial charge is 0.352 e. The summed E-state index contributed by atoms with van der Waals surface area (Å²) in [5, 5.41) is 5.83. The molecule has 15 heavy (non-hydrogen) atoms. The summed E-state index contributed by atoms with van der Waals surface area (Å²) in [4.78, 5) is 24.7. The fourth-order valence-corrected chi connectivity index (χ4v) is 1.59. The summed E-state index contributed by atoms with van der Waals surface area (Å²) >= 11 is 0. The Balaban J connectivity index is 2.43. The van der Waals surface area contributed by atoms with Crippen LogP contribution in [-0.4, -0.2) is 48.4 Å². The summed E-state index contributed by atoms with van der Waals surface area (Å²) in [6.07, 6.45) is 0. The molecule has 0 aliphatic carbocycles. The normalized spacial score (nSPS) is 22.0.